The molecule has 0 radical (unpaired) electrons. The molecule has 310 valence electrons. The minimum absolute atomic E-state index is 0.0369. The molecule has 3 saturated carbocycles. The van der Waals surface area contributed by atoms with Crippen LogP contribution in [0.2, 0.25) is 0 Å². The van der Waals surface area contributed by atoms with E-state index in [4.69, 9.17) is 10.5 Å². The number of hydrogen-bond acceptors (Lipinski definition) is 7. The first-order valence-corrected chi connectivity index (χ1v) is 22.9. The fourth-order valence-electron chi connectivity index (χ4n) is 11.9. The molecule has 0 amide bonds. The molecule has 5 fully saturated rings. The van der Waals surface area contributed by atoms with Crippen LogP contribution in [0.25, 0.3) is 0 Å². The predicted molar refractivity (Wildman–Crippen MR) is 214 cm³/mol. The van der Waals surface area contributed by atoms with E-state index in [9.17, 15) is 24.9 Å². The van der Waals surface area contributed by atoms with Gasteiger partial charge in [0.05, 0.1) is 50.0 Å². The van der Waals surface area contributed by atoms with Crippen LogP contribution in [-0.2, 0) is 14.3 Å². The molecule has 14 atom stereocenters. The van der Waals surface area contributed by atoms with Crippen LogP contribution >= 0.6 is 0 Å². The van der Waals surface area contributed by atoms with Gasteiger partial charge in [0.2, 0.25) is 0 Å². The lowest BCUT2D eigenvalue weighted by Gasteiger charge is -2.41. The zero-order valence-electron chi connectivity index (χ0n) is 34.1. The second-order valence-electron chi connectivity index (χ2n) is 19.1. The number of Topliss-reactive ketones (excluding diaryl/α,β-unsaturated/α-hetero) is 2. The lowest BCUT2D eigenvalue weighted by atomic mass is 9.67. The fourth-order valence-corrected chi connectivity index (χ4v) is 11.9. The van der Waals surface area contributed by atoms with Crippen molar-refractivity contribution in [3.63, 3.8) is 0 Å². The second kappa shape index (κ2) is 21.4. The highest BCUT2D eigenvalue weighted by Crippen LogP contribution is 2.42. The van der Waals surface area contributed by atoms with Crippen LogP contribution in [-0.4, -0.2) is 83.7 Å². The molecule has 0 aromatic heterocycles. The molecule has 9 nitrogen and oxygen atoms in total. The first-order valence-electron chi connectivity index (χ1n) is 22.9. The molecule has 6 unspecified atom stereocenters. The van der Waals surface area contributed by atoms with Gasteiger partial charge in [-0.15, -0.1) is 0 Å². The van der Waals surface area contributed by atoms with E-state index >= 15 is 0 Å². The summed E-state index contributed by atoms with van der Waals surface area (Å²) in [6, 6.07) is 0.483. The Morgan fingerprint density at radius 3 is 2.53 bits per heavy atom. The van der Waals surface area contributed by atoms with Crippen molar-refractivity contribution in [1.82, 2.24) is 0 Å². The zero-order valence-corrected chi connectivity index (χ0v) is 34.1. The Labute approximate surface area is 332 Å². The molecule has 9 N–H and O–H groups in total. The molecule has 55 heavy (non-hydrogen) atoms. The Morgan fingerprint density at radius 1 is 0.909 bits per heavy atom. The predicted octanol–water partition coefficient (Wildman–Crippen LogP) is 3.77. The molecule has 0 spiro atoms. The van der Waals surface area contributed by atoms with Crippen LogP contribution in [0.1, 0.15) is 141 Å². The third kappa shape index (κ3) is 12.4. The number of piperidine rings is 2. The van der Waals surface area contributed by atoms with Crippen molar-refractivity contribution in [2.24, 2.45) is 59.0 Å². The van der Waals surface area contributed by atoms with E-state index < -0.39 is 24.2 Å². The third-order valence-electron chi connectivity index (χ3n) is 15.3. The van der Waals surface area contributed by atoms with Gasteiger partial charge in [-0.3, -0.25) is 15.3 Å². The van der Waals surface area contributed by atoms with Gasteiger partial charge >= 0.3 is 0 Å². The molecular formula is C46H77N3O6+2. The number of ketones is 2. The van der Waals surface area contributed by atoms with Gasteiger partial charge in [-0.2, -0.15) is 0 Å². The highest BCUT2D eigenvalue weighted by atomic mass is 16.5. The van der Waals surface area contributed by atoms with Gasteiger partial charge in [0.15, 0.2) is 0 Å². The van der Waals surface area contributed by atoms with Gasteiger partial charge in [0, 0.05) is 50.5 Å². The van der Waals surface area contributed by atoms with E-state index in [0.717, 1.165) is 70.9 Å². The summed E-state index contributed by atoms with van der Waals surface area (Å²) in [4.78, 5) is 25.6. The minimum atomic E-state index is -0.786. The van der Waals surface area contributed by atoms with Crippen LogP contribution in [0.5, 0.6) is 0 Å². The van der Waals surface area contributed by atoms with E-state index in [1.54, 1.807) is 7.11 Å². The van der Waals surface area contributed by atoms with Gasteiger partial charge in [0.1, 0.15) is 23.7 Å². The first-order chi connectivity index (χ1) is 26.7. The Hall–Kier alpha value is -1.64. The third-order valence-corrected chi connectivity index (χ3v) is 15.3. The number of fused-ring (bicyclic) bond motifs is 2. The van der Waals surface area contributed by atoms with E-state index in [0.29, 0.717) is 86.4 Å². The Morgan fingerprint density at radius 2 is 1.73 bits per heavy atom. The molecule has 0 aromatic rings. The molecule has 0 bridgehead atoms. The van der Waals surface area contributed by atoms with E-state index in [-0.39, 0.29) is 35.8 Å². The van der Waals surface area contributed by atoms with Crippen molar-refractivity contribution in [3.8, 4) is 11.8 Å². The normalized spacial score (nSPS) is 38.1. The Bertz CT molecular complexity index is 1310. The quantitative estimate of drug-likeness (QED) is 0.0840. The molecule has 6 aliphatic rings. The van der Waals surface area contributed by atoms with E-state index in [2.05, 4.69) is 34.6 Å². The molecule has 2 aliphatic heterocycles. The number of rotatable bonds is 15. The van der Waals surface area contributed by atoms with Gasteiger partial charge in [0.25, 0.3) is 0 Å². The summed E-state index contributed by atoms with van der Waals surface area (Å²) in [6.07, 6.45) is 23.3. The van der Waals surface area contributed by atoms with Crippen LogP contribution < -0.4 is 16.4 Å². The summed E-state index contributed by atoms with van der Waals surface area (Å²) in [6.45, 7) is 2.13. The van der Waals surface area contributed by atoms with Crippen LogP contribution in [0, 0.1) is 65.1 Å². The molecule has 2 saturated heterocycles. The number of methoxy groups -OCH3 is 1. The van der Waals surface area contributed by atoms with Crippen LogP contribution in [0.3, 0.4) is 0 Å². The Kier molecular flexibility index (Phi) is 16.7. The second-order valence-corrected chi connectivity index (χ2v) is 19.1. The lowest BCUT2D eigenvalue weighted by Crippen LogP contribution is -2.95. The molecule has 0 aromatic carbocycles. The topological polar surface area (TPSA) is 163 Å². The summed E-state index contributed by atoms with van der Waals surface area (Å²) in [5, 5.41) is 38.9. The molecule has 2 heterocycles. The number of hydrogen-bond donors (Lipinski definition) is 6. The van der Waals surface area contributed by atoms with Crippen LogP contribution in [0.15, 0.2) is 12.2 Å². The average Bonchev–Trinajstić information content (AvgIpc) is 3.25. The minimum Gasteiger partial charge on any atom is -0.393 e. The average molecular weight is 768 g/mol. The highest BCUT2D eigenvalue weighted by molar-refractivity contribution is 5.84. The number of ether oxygens (including phenoxy) is 1. The fraction of sp³-hybridized carbons (Fsp3) is 0.870. The maximum Gasteiger partial charge on any atom is 0.150 e. The number of aliphatic hydroxyl groups excluding tert-OH is 3. The van der Waals surface area contributed by atoms with E-state index in [1.165, 1.54) is 38.5 Å². The van der Waals surface area contributed by atoms with Gasteiger partial charge in [-0.25, -0.2) is 0 Å². The van der Waals surface area contributed by atoms with Crippen molar-refractivity contribution in [2.45, 2.75) is 178 Å². The lowest BCUT2D eigenvalue weighted by molar-refractivity contribution is -0.711. The van der Waals surface area contributed by atoms with Gasteiger partial charge < -0.3 is 30.7 Å². The number of carbonyl (C=O) groups is 2. The SMILES string of the molecule is COC1CC2CCC(=O)[C@@H]([C@H](O)CCCC[C@H]3C[NH2+][C@@H]4CC(=O)CC[C@H]4C3)C#C[C@@H](CC[C@H](O)C[C@H](C=CC3CCCCC3)C3CC[NH2+]C(N)C3)C2CC1O. The van der Waals surface area contributed by atoms with Crippen molar-refractivity contribution >= 4 is 11.6 Å². The summed E-state index contributed by atoms with van der Waals surface area (Å²) < 4.78 is 5.70. The smallest absolute Gasteiger partial charge is 0.150 e. The van der Waals surface area contributed by atoms with Gasteiger partial charge in [-0.05, 0) is 107 Å². The summed E-state index contributed by atoms with van der Waals surface area (Å²) in [5.41, 5.74) is 6.41. The molecule has 9 heteroatoms. The van der Waals surface area contributed by atoms with Gasteiger partial charge in [-0.1, -0.05) is 56.1 Å². The first kappa shape index (κ1) is 43.0. The molecule has 4 aliphatic carbocycles. The Balaban J connectivity index is 1.07. The highest BCUT2D eigenvalue weighted by Gasteiger charge is 2.42. The number of nitrogens with two attached hydrogens (primary N) is 3. The number of aliphatic hydroxyl groups is 3. The summed E-state index contributed by atoms with van der Waals surface area (Å²) >= 11 is 0. The van der Waals surface area contributed by atoms with Crippen molar-refractivity contribution in [2.75, 3.05) is 20.2 Å². The maximum absolute atomic E-state index is 13.7. The standard InChI is InChI=1S/C46H75N3O6/c1-55-45-25-35-16-20-43(53)39(42(52)10-6-5-9-31-23-36-14-18-38(51)27-41(36)49-29-31)19-15-32(40(35)28-44(45)54)13-17-37(50)24-33(34-21-22-48-46(47)26-34)12-11-30-7-3-2-4-8-30/h11-12,30-37,39-42,44-46,48-50,52,54H,2-10,13-14,16-18,20-29,47H2,1H3/p+2/t31-,32-,33+,34?,35?,36+,37+,39-,40?,41-,42-,44?,45?,46?/m1/s1. The van der Waals surface area contributed by atoms with E-state index in [1.807, 2.05) is 0 Å². The van der Waals surface area contributed by atoms with Crippen LogP contribution in [0.4, 0.5) is 0 Å². The molecular weight excluding hydrogens is 691 g/mol. The number of allylic oxidation sites excluding steroid dienone is 2. The van der Waals surface area contributed by atoms with Crippen molar-refractivity contribution in [3.05, 3.63) is 12.2 Å². The monoisotopic (exact) mass is 768 g/mol. The summed E-state index contributed by atoms with van der Waals surface area (Å²) in [7, 11) is 1.66. The molecule has 6 rings (SSSR count). The number of quaternary nitrogens is 2. The zero-order chi connectivity index (χ0) is 38.7. The largest absolute Gasteiger partial charge is 0.393 e. The number of carbonyl (C=O) groups excluding carboxylic acids is 2. The number of unbranched alkanes of at least 4 members (excludes halogenated alkanes) is 1. The van der Waals surface area contributed by atoms with Crippen molar-refractivity contribution < 1.29 is 40.3 Å². The van der Waals surface area contributed by atoms with Crippen molar-refractivity contribution in [1.29, 1.82) is 0 Å². The summed E-state index contributed by atoms with van der Waals surface area (Å²) in [5.74, 6) is 9.64. The maximum atomic E-state index is 13.7.